The fourth-order valence-corrected chi connectivity index (χ4v) is 0.963. The first-order chi connectivity index (χ1) is 6.31. The van der Waals surface area contributed by atoms with Crippen LogP contribution in [0.2, 0.25) is 0 Å². The molecule has 0 aromatic carbocycles. The topological polar surface area (TPSA) is 58.5 Å². The number of aliphatic imine (C=N–C) groups is 1. The van der Waals surface area contributed by atoms with Gasteiger partial charge in [0.05, 0.1) is 6.54 Å². The number of hydrogen-bond acceptors (Lipinski definition) is 3. The predicted molar refractivity (Wildman–Crippen MR) is 50.1 cm³/mol. The third kappa shape index (κ3) is 8.92. The zero-order valence-electron chi connectivity index (χ0n) is 8.01. The van der Waals surface area contributed by atoms with E-state index < -0.39 is 5.91 Å². The van der Waals surface area contributed by atoms with Gasteiger partial charge >= 0.3 is 0 Å². The molecule has 0 aromatic rings. The predicted octanol–water partition coefficient (Wildman–Crippen LogP) is 1.02. The van der Waals surface area contributed by atoms with Crippen LogP contribution in [0.15, 0.2) is 4.99 Å². The second-order valence-electron chi connectivity index (χ2n) is 2.83. The van der Waals surface area contributed by atoms with Crippen LogP contribution in [0.25, 0.3) is 0 Å². The lowest BCUT2D eigenvalue weighted by Gasteiger charge is -2.00. The highest BCUT2D eigenvalue weighted by Crippen LogP contribution is 1.96. The van der Waals surface area contributed by atoms with Crippen LogP contribution < -0.4 is 5.32 Å². The van der Waals surface area contributed by atoms with E-state index in [0.717, 1.165) is 13.0 Å². The van der Waals surface area contributed by atoms with Crippen molar-refractivity contribution < 1.29 is 9.59 Å². The number of unbranched alkanes of at least 4 members (excludes halogenated alkanes) is 3. The number of nitrogens with one attached hydrogen (secondary N) is 1. The number of nitrogens with zero attached hydrogens (tertiary/aromatic N) is 1. The van der Waals surface area contributed by atoms with E-state index in [4.69, 9.17) is 0 Å². The van der Waals surface area contributed by atoms with E-state index in [-0.39, 0.29) is 6.54 Å². The Balaban J connectivity index is 3.16. The minimum Gasteiger partial charge on any atom is -0.308 e. The third-order valence-corrected chi connectivity index (χ3v) is 1.65. The number of isocyanates is 1. The molecule has 0 saturated carbocycles. The van der Waals surface area contributed by atoms with Crippen LogP contribution in [0, 0.1) is 0 Å². The van der Waals surface area contributed by atoms with Gasteiger partial charge in [-0.15, -0.1) is 4.99 Å². The molecule has 1 N–H and O–H groups in total. The van der Waals surface area contributed by atoms with Crippen LogP contribution in [0.1, 0.15) is 32.6 Å². The van der Waals surface area contributed by atoms with E-state index in [1.54, 1.807) is 0 Å². The van der Waals surface area contributed by atoms with Gasteiger partial charge in [0.25, 0.3) is 5.91 Å². The van der Waals surface area contributed by atoms with Crippen LogP contribution in [-0.4, -0.2) is 25.1 Å². The molecule has 74 valence electrons. The van der Waals surface area contributed by atoms with Crippen LogP contribution in [0.5, 0.6) is 0 Å². The van der Waals surface area contributed by atoms with Crippen LogP contribution >= 0.6 is 0 Å². The summed E-state index contributed by atoms with van der Waals surface area (Å²) in [7, 11) is 0. The van der Waals surface area contributed by atoms with Gasteiger partial charge in [-0.2, -0.15) is 0 Å². The molecule has 13 heavy (non-hydrogen) atoms. The smallest absolute Gasteiger partial charge is 0.270 e. The van der Waals surface area contributed by atoms with Crippen molar-refractivity contribution in [1.29, 1.82) is 0 Å². The van der Waals surface area contributed by atoms with E-state index in [1.165, 1.54) is 25.3 Å². The molecule has 0 aliphatic carbocycles. The van der Waals surface area contributed by atoms with E-state index >= 15 is 0 Å². The number of carbonyl (C=O) groups excluding carboxylic acids is 2. The molecule has 4 nitrogen and oxygen atoms in total. The molecule has 0 fully saturated rings. The molecule has 0 heterocycles. The molecule has 0 unspecified atom stereocenters. The molecular formula is C9H16N2O2. The summed E-state index contributed by atoms with van der Waals surface area (Å²) in [5.41, 5.74) is 0. The number of carbonyl (C=O) groups is 1. The monoisotopic (exact) mass is 184 g/mol. The van der Waals surface area contributed by atoms with Crippen molar-refractivity contribution >= 4 is 12.0 Å². The van der Waals surface area contributed by atoms with E-state index in [2.05, 4.69) is 17.2 Å². The lowest BCUT2D eigenvalue weighted by Crippen LogP contribution is -2.22. The Kier molecular flexibility index (Phi) is 8.41. The molecule has 0 spiro atoms. The zero-order chi connectivity index (χ0) is 9.94. The molecule has 0 aliphatic heterocycles. The Bertz CT molecular complexity index is 186. The largest absolute Gasteiger partial charge is 0.308 e. The van der Waals surface area contributed by atoms with Gasteiger partial charge in [0, 0.05) is 0 Å². The highest BCUT2D eigenvalue weighted by atomic mass is 16.2. The molecule has 0 aliphatic rings. The van der Waals surface area contributed by atoms with Crippen LogP contribution in [-0.2, 0) is 9.59 Å². The van der Waals surface area contributed by atoms with Gasteiger partial charge in [0.15, 0.2) is 0 Å². The van der Waals surface area contributed by atoms with E-state index in [1.807, 2.05) is 0 Å². The normalized spacial score (nSPS) is 9.31. The summed E-state index contributed by atoms with van der Waals surface area (Å²) < 4.78 is 0. The summed E-state index contributed by atoms with van der Waals surface area (Å²) >= 11 is 0. The second kappa shape index (κ2) is 9.10. The summed E-state index contributed by atoms with van der Waals surface area (Å²) in [6.07, 6.45) is 5.88. The van der Waals surface area contributed by atoms with Crippen molar-refractivity contribution in [2.24, 2.45) is 4.99 Å². The van der Waals surface area contributed by atoms with Gasteiger partial charge in [-0.3, -0.25) is 4.79 Å². The Hall–Kier alpha value is -0.990. The van der Waals surface area contributed by atoms with Crippen LogP contribution in [0.3, 0.4) is 0 Å². The molecule has 4 heteroatoms. The molecule has 0 saturated heterocycles. The van der Waals surface area contributed by atoms with Gasteiger partial charge in [0.1, 0.15) is 0 Å². The molecule has 0 bridgehead atoms. The van der Waals surface area contributed by atoms with Gasteiger partial charge < -0.3 is 5.32 Å². The van der Waals surface area contributed by atoms with Gasteiger partial charge in [-0.05, 0) is 13.0 Å². The van der Waals surface area contributed by atoms with Crippen molar-refractivity contribution in [3.05, 3.63) is 0 Å². The standard InChI is InChI=1S/C9H16N2O2/c1-2-3-4-5-6-10-7-9(13)11-8-12/h10H,2-7H2,1H3. The first kappa shape index (κ1) is 12.0. The summed E-state index contributed by atoms with van der Waals surface area (Å²) in [6.45, 7) is 3.09. The fourth-order valence-electron chi connectivity index (χ4n) is 0.963. The molecular weight excluding hydrogens is 168 g/mol. The highest BCUT2D eigenvalue weighted by Gasteiger charge is 1.96. The molecule has 0 atom stereocenters. The molecule has 0 aromatic heterocycles. The highest BCUT2D eigenvalue weighted by molar-refractivity contribution is 5.83. The summed E-state index contributed by atoms with van der Waals surface area (Å²) in [5, 5.41) is 2.91. The minimum absolute atomic E-state index is 0.140. The zero-order valence-corrected chi connectivity index (χ0v) is 8.01. The lowest BCUT2D eigenvalue weighted by molar-refractivity contribution is -0.116. The van der Waals surface area contributed by atoms with Gasteiger partial charge in [0.2, 0.25) is 6.08 Å². The minimum atomic E-state index is -0.453. The van der Waals surface area contributed by atoms with Gasteiger partial charge in [-0.1, -0.05) is 26.2 Å². The maximum atomic E-state index is 10.6. The number of amides is 1. The lowest BCUT2D eigenvalue weighted by atomic mass is 10.2. The second-order valence-corrected chi connectivity index (χ2v) is 2.83. The van der Waals surface area contributed by atoms with E-state index in [0.29, 0.717) is 0 Å². The Morgan fingerprint density at radius 1 is 1.38 bits per heavy atom. The third-order valence-electron chi connectivity index (χ3n) is 1.65. The van der Waals surface area contributed by atoms with Gasteiger partial charge in [-0.25, -0.2) is 4.79 Å². The van der Waals surface area contributed by atoms with Crippen molar-refractivity contribution in [1.82, 2.24) is 5.32 Å². The SMILES string of the molecule is CCCCCCNCC(=O)N=C=O. The average Bonchev–Trinajstić information content (AvgIpc) is 2.11. The van der Waals surface area contributed by atoms with Crippen LogP contribution in [0.4, 0.5) is 0 Å². The summed E-state index contributed by atoms with van der Waals surface area (Å²) in [6, 6.07) is 0. The Labute approximate surface area is 78.4 Å². The van der Waals surface area contributed by atoms with E-state index in [9.17, 15) is 9.59 Å². The fraction of sp³-hybridized carbons (Fsp3) is 0.778. The van der Waals surface area contributed by atoms with Crippen molar-refractivity contribution in [2.75, 3.05) is 13.1 Å². The quantitative estimate of drug-likeness (QED) is 0.365. The van der Waals surface area contributed by atoms with Crippen molar-refractivity contribution in [2.45, 2.75) is 32.6 Å². The average molecular weight is 184 g/mol. The Morgan fingerprint density at radius 3 is 2.77 bits per heavy atom. The maximum absolute atomic E-state index is 10.6. The first-order valence-electron chi connectivity index (χ1n) is 4.62. The first-order valence-corrected chi connectivity index (χ1v) is 4.62. The Morgan fingerprint density at radius 2 is 2.15 bits per heavy atom. The summed E-state index contributed by atoms with van der Waals surface area (Å²) in [5.74, 6) is -0.453. The maximum Gasteiger partial charge on any atom is 0.270 e. The molecule has 0 radical (unpaired) electrons. The molecule has 0 rings (SSSR count). The summed E-state index contributed by atoms with van der Waals surface area (Å²) in [4.78, 5) is 23.2. The molecule has 1 amide bonds. The van der Waals surface area contributed by atoms with Crippen molar-refractivity contribution in [3.8, 4) is 0 Å². The number of hydrogen-bond donors (Lipinski definition) is 1. The number of rotatable bonds is 7. The van der Waals surface area contributed by atoms with Crippen molar-refractivity contribution in [3.63, 3.8) is 0 Å².